The van der Waals surface area contributed by atoms with Crippen LogP contribution in [0.3, 0.4) is 0 Å². The zero-order valence-corrected chi connectivity index (χ0v) is 27.9. The van der Waals surface area contributed by atoms with Crippen LogP contribution < -0.4 is 0 Å². The number of allylic oxidation sites excluding steroid dienone is 20. The molecule has 0 fully saturated rings. The number of hydrogen-bond donors (Lipinski definition) is 2. The second-order valence-electron chi connectivity index (χ2n) is 13.7. The van der Waals surface area contributed by atoms with E-state index in [0.29, 0.717) is 5.92 Å². The lowest BCUT2D eigenvalue weighted by Crippen LogP contribution is -2.32. The van der Waals surface area contributed by atoms with Crippen LogP contribution in [-0.4, -0.2) is 22.4 Å². The number of aliphatic hydroxyl groups is 2. The third-order valence-corrected chi connectivity index (χ3v) is 8.33. The SMILES string of the molecule is CC1=CC(O)CC(C)(C)[C@@H]1/C=C/C(C)=C/C=C/C(C)=C/C=C/C=C(C)/C=C/C=C(C)\C=C\C1=C(C)C[C@@H](O)CC1(C)C. The van der Waals surface area contributed by atoms with Gasteiger partial charge in [0.2, 0.25) is 0 Å². The van der Waals surface area contributed by atoms with Crippen LogP contribution in [0.4, 0.5) is 0 Å². The Morgan fingerprint density at radius 3 is 1.74 bits per heavy atom. The highest BCUT2D eigenvalue weighted by Crippen LogP contribution is 2.42. The second-order valence-corrected chi connectivity index (χ2v) is 13.7. The Hall–Kier alpha value is -2.94. The molecular formula is C40H56O2. The predicted octanol–water partition coefficient (Wildman–Crippen LogP) is 10.4. The first-order chi connectivity index (χ1) is 19.6. The van der Waals surface area contributed by atoms with E-state index in [2.05, 4.69) is 154 Å². The average Bonchev–Trinajstić information content (AvgIpc) is 2.84. The van der Waals surface area contributed by atoms with Crippen LogP contribution in [-0.2, 0) is 0 Å². The van der Waals surface area contributed by atoms with Gasteiger partial charge in [-0.1, -0.05) is 152 Å². The molecule has 1 unspecified atom stereocenters. The molecule has 2 aliphatic rings. The van der Waals surface area contributed by atoms with Gasteiger partial charge in [-0.25, -0.2) is 0 Å². The Morgan fingerprint density at radius 2 is 1.21 bits per heavy atom. The van der Waals surface area contributed by atoms with E-state index in [1.165, 1.54) is 39.0 Å². The molecule has 0 saturated heterocycles. The molecule has 0 heterocycles. The molecule has 0 radical (unpaired) electrons. The van der Waals surface area contributed by atoms with Crippen molar-refractivity contribution in [1.82, 2.24) is 0 Å². The smallest absolute Gasteiger partial charge is 0.0729 e. The molecule has 0 bridgehead atoms. The van der Waals surface area contributed by atoms with Gasteiger partial charge in [-0.2, -0.15) is 0 Å². The fraction of sp³-hybridized carbons (Fsp3) is 0.450. The summed E-state index contributed by atoms with van der Waals surface area (Å²) in [7, 11) is 0. The molecule has 0 aromatic heterocycles. The van der Waals surface area contributed by atoms with Gasteiger partial charge in [0.15, 0.2) is 0 Å². The average molecular weight is 569 g/mol. The van der Waals surface area contributed by atoms with Crippen LogP contribution in [0.25, 0.3) is 0 Å². The molecular weight excluding hydrogens is 512 g/mol. The van der Waals surface area contributed by atoms with Gasteiger partial charge in [-0.3, -0.25) is 0 Å². The van der Waals surface area contributed by atoms with Gasteiger partial charge in [0.05, 0.1) is 12.2 Å². The first-order valence-electron chi connectivity index (χ1n) is 15.4. The van der Waals surface area contributed by atoms with E-state index in [1.54, 1.807) is 0 Å². The normalized spacial score (nSPS) is 26.6. The third-order valence-electron chi connectivity index (χ3n) is 8.33. The van der Waals surface area contributed by atoms with Crippen molar-refractivity contribution in [3.63, 3.8) is 0 Å². The molecule has 2 N–H and O–H groups in total. The van der Waals surface area contributed by atoms with Crippen molar-refractivity contribution in [3.8, 4) is 0 Å². The maximum atomic E-state index is 10.1. The minimum Gasteiger partial charge on any atom is -0.393 e. The van der Waals surface area contributed by atoms with Gasteiger partial charge in [-0.15, -0.1) is 0 Å². The lowest BCUT2D eigenvalue weighted by Gasteiger charge is -2.38. The Labute approximate surface area is 257 Å². The first kappa shape index (κ1) is 35.3. The Kier molecular flexibility index (Phi) is 13.5. The van der Waals surface area contributed by atoms with E-state index in [0.717, 1.165) is 19.3 Å². The summed E-state index contributed by atoms with van der Waals surface area (Å²) in [6.45, 7) is 21.6. The van der Waals surface area contributed by atoms with Gasteiger partial charge in [-0.05, 0) is 77.2 Å². The zero-order valence-electron chi connectivity index (χ0n) is 27.9. The van der Waals surface area contributed by atoms with Crippen molar-refractivity contribution in [2.45, 2.75) is 101 Å². The highest BCUT2D eigenvalue weighted by Gasteiger charge is 2.34. The monoisotopic (exact) mass is 568 g/mol. The van der Waals surface area contributed by atoms with Gasteiger partial charge in [0.1, 0.15) is 0 Å². The third kappa shape index (κ3) is 11.7. The summed E-state index contributed by atoms with van der Waals surface area (Å²) >= 11 is 0. The van der Waals surface area contributed by atoms with Gasteiger partial charge < -0.3 is 10.2 Å². The largest absolute Gasteiger partial charge is 0.393 e. The number of hydrogen-bond acceptors (Lipinski definition) is 2. The maximum absolute atomic E-state index is 10.1. The lowest BCUT2D eigenvalue weighted by atomic mass is 9.67. The molecule has 0 aromatic carbocycles. The van der Waals surface area contributed by atoms with E-state index in [9.17, 15) is 10.2 Å². The van der Waals surface area contributed by atoms with Crippen molar-refractivity contribution in [1.29, 1.82) is 0 Å². The van der Waals surface area contributed by atoms with E-state index in [4.69, 9.17) is 0 Å². The van der Waals surface area contributed by atoms with Gasteiger partial charge >= 0.3 is 0 Å². The molecule has 0 aromatic rings. The molecule has 0 amide bonds. The molecule has 2 heteroatoms. The predicted molar refractivity (Wildman–Crippen MR) is 184 cm³/mol. The summed E-state index contributed by atoms with van der Waals surface area (Å²) in [4.78, 5) is 0. The fourth-order valence-electron chi connectivity index (χ4n) is 6.14. The van der Waals surface area contributed by atoms with E-state index >= 15 is 0 Å². The molecule has 228 valence electrons. The Balaban J connectivity index is 1.90. The van der Waals surface area contributed by atoms with Gasteiger partial charge in [0, 0.05) is 5.92 Å². The Bertz CT molecular complexity index is 1270. The maximum Gasteiger partial charge on any atom is 0.0729 e. The molecule has 2 nitrogen and oxygen atoms in total. The molecule has 3 atom stereocenters. The number of aliphatic hydroxyl groups excluding tert-OH is 2. The summed E-state index contributed by atoms with van der Waals surface area (Å²) in [6, 6.07) is 0. The summed E-state index contributed by atoms with van der Waals surface area (Å²) in [6.07, 6.45) is 33.8. The van der Waals surface area contributed by atoms with Crippen LogP contribution in [0.5, 0.6) is 0 Å². The van der Waals surface area contributed by atoms with E-state index in [-0.39, 0.29) is 23.0 Å². The Morgan fingerprint density at radius 1 is 0.714 bits per heavy atom. The van der Waals surface area contributed by atoms with Crippen molar-refractivity contribution in [2.75, 3.05) is 0 Å². The standard InChI is InChI=1S/C40H56O2/c1-29(17-13-19-31(3)21-23-37-33(5)25-35(41)27-39(37,7)8)15-11-12-16-30(2)18-14-20-32(4)22-24-38-34(6)26-36(42)28-40(38,9)10/h11-25,35-37,41-42H,26-28H2,1-10H3/b12-11+,17-13+,18-14+,23-21+,24-22+,29-15+,30-16+,31-19+,32-20-/t35?,36-,37-/m1/s1. The topological polar surface area (TPSA) is 40.5 Å². The summed E-state index contributed by atoms with van der Waals surface area (Å²) in [5, 5.41) is 20.2. The molecule has 0 spiro atoms. The highest BCUT2D eigenvalue weighted by atomic mass is 16.3. The van der Waals surface area contributed by atoms with E-state index < -0.39 is 0 Å². The molecule has 2 rings (SSSR count). The molecule has 0 aliphatic heterocycles. The minimum atomic E-state index is -0.331. The minimum absolute atomic E-state index is 0.00528. The lowest BCUT2D eigenvalue weighted by molar-refractivity contribution is 0.116. The van der Waals surface area contributed by atoms with Crippen molar-refractivity contribution in [3.05, 3.63) is 130 Å². The van der Waals surface area contributed by atoms with Crippen LogP contribution in [0.15, 0.2) is 130 Å². The molecule has 0 saturated carbocycles. The zero-order chi connectivity index (χ0) is 31.5. The quantitative estimate of drug-likeness (QED) is 0.203. The van der Waals surface area contributed by atoms with Crippen LogP contribution in [0.2, 0.25) is 0 Å². The summed E-state index contributed by atoms with van der Waals surface area (Å²) in [5.74, 6) is 0.348. The van der Waals surface area contributed by atoms with Crippen molar-refractivity contribution in [2.24, 2.45) is 16.7 Å². The van der Waals surface area contributed by atoms with Crippen LogP contribution in [0, 0.1) is 16.7 Å². The van der Waals surface area contributed by atoms with Crippen LogP contribution >= 0.6 is 0 Å². The second kappa shape index (κ2) is 16.1. The first-order valence-corrected chi connectivity index (χ1v) is 15.4. The molecule has 2 aliphatic carbocycles. The number of rotatable bonds is 10. The summed E-state index contributed by atoms with van der Waals surface area (Å²) < 4.78 is 0. The van der Waals surface area contributed by atoms with Crippen molar-refractivity contribution < 1.29 is 10.2 Å². The van der Waals surface area contributed by atoms with Crippen molar-refractivity contribution >= 4 is 0 Å². The van der Waals surface area contributed by atoms with E-state index in [1.807, 2.05) is 6.08 Å². The fourth-order valence-corrected chi connectivity index (χ4v) is 6.14. The molecule has 42 heavy (non-hydrogen) atoms. The van der Waals surface area contributed by atoms with Crippen LogP contribution in [0.1, 0.15) is 88.5 Å². The highest BCUT2D eigenvalue weighted by molar-refractivity contribution is 5.38. The summed E-state index contributed by atoms with van der Waals surface area (Å²) in [5.41, 5.74) is 8.73. The van der Waals surface area contributed by atoms with Gasteiger partial charge in [0.25, 0.3) is 0 Å².